The van der Waals surface area contributed by atoms with E-state index in [9.17, 15) is 13.2 Å². The predicted molar refractivity (Wildman–Crippen MR) is 119 cm³/mol. The third-order valence-corrected chi connectivity index (χ3v) is 5.91. The molecule has 1 atom stereocenters. The van der Waals surface area contributed by atoms with Gasteiger partial charge in [0.25, 0.3) is 0 Å². The first-order valence-electron chi connectivity index (χ1n) is 9.84. The molecule has 0 aliphatic carbocycles. The number of hydrogen-bond donors (Lipinski definition) is 1. The molecule has 0 fully saturated rings. The van der Waals surface area contributed by atoms with Gasteiger partial charge in [0.2, 0.25) is 15.9 Å². The average molecular weight is 435 g/mol. The lowest BCUT2D eigenvalue weighted by atomic mass is 10.1. The second kappa shape index (κ2) is 10.9. The number of hydrogen-bond acceptors (Lipinski definition) is 5. The standard InChI is InChI=1S/C22H30N2O5S/c1-5-19(24(30(4,26)27)18-11-7-6-8-12-18)22(25)23-15-9-10-17-13-14-20(28-2)21(16-17)29-3/h6-8,11-14,16,19H,5,9-10,15H2,1-4H3,(H,23,25)/t19-/m1/s1. The molecule has 0 bridgehead atoms. The normalized spacial score (nSPS) is 12.1. The molecule has 0 spiro atoms. The molecule has 0 unspecified atom stereocenters. The van der Waals surface area contributed by atoms with Gasteiger partial charge in [0.05, 0.1) is 26.2 Å². The minimum atomic E-state index is -3.62. The molecule has 8 heteroatoms. The first kappa shape index (κ1) is 23.5. The Labute approximate surface area is 179 Å². The fraction of sp³-hybridized carbons (Fsp3) is 0.409. The van der Waals surface area contributed by atoms with Crippen molar-refractivity contribution in [2.45, 2.75) is 32.2 Å². The van der Waals surface area contributed by atoms with Crippen molar-refractivity contribution in [3.05, 3.63) is 54.1 Å². The summed E-state index contributed by atoms with van der Waals surface area (Å²) in [6.07, 6.45) is 2.93. The summed E-state index contributed by atoms with van der Waals surface area (Å²) < 4.78 is 36.5. The van der Waals surface area contributed by atoms with Crippen molar-refractivity contribution in [3.63, 3.8) is 0 Å². The summed E-state index contributed by atoms with van der Waals surface area (Å²) in [5.41, 5.74) is 1.54. The Morgan fingerprint density at radius 1 is 1.07 bits per heavy atom. The number of sulfonamides is 1. The quantitative estimate of drug-likeness (QED) is 0.550. The number of anilines is 1. The van der Waals surface area contributed by atoms with Crippen molar-refractivity contribution >= 4 is 21.6 Å². The van der Waals surface area contributed by atoms with Crippen LogP contribution in [0.2, 0.25) is 0 Å². The van der Waals surface area contributed by atoms with Gasteiger partial charge in [-0.2, -0.15) is 0 Å². The SMILES string of the molecule is CC[C@H](C(=O)NCCCc1ccc(OC)c(OC)c1)N(c1ccccc1)S(C)(=O)=O. The van der Waals surface area contributed by atoms with Crippen LogP contribution in [0.4, 0.5) is 5.69 Å². The molecule has 0 saturated carbocycles. The number of para-hydroxylation sites is 1. The molecule has 0 aromatic heterocycles. The summed E-state index contributed by atoms with van der Waals surface area (Å²) in [5.74, 6) is 1.03. The number of nitrogens with zero attached hydrogens (tertiary/aromatic N) is 1. The summed E-state index contributed by atoms with van der Waals surface area (Å²) in [6.45, 7) is 2.24. The van der Waals surface area contributed by atoms with Crippen molar-refractivity contribution in [2.24, 2.45) is 0 Å². The predicted octanol–water partition coefficient (Wildman–Crippen LogP) is 3.00. The molecule has 2 aromatic carbocycles. The average Bonchev–Trinajstić information content (AvgIpc) is 2.74. The lowest BCUT2D eigenvalue weighted by Gasteiger charge is -2.30. The van der Waals surface area contributed by atoms with Gasteiger partial charge in [-0.15, -0.1) is 0 Å². The van der Waals surface area contributed by atoms with E-state index in [0.717, 1.165) is 18.2 Å². The third-order valence-electron chi connectivity index (χ3n) is 4.73. The monoisotopic (exact) mass is 434 g/mol. The number of ether oxygens (including phenoxy) is 2. The number of carbonyl (C=O) groups excluding carboxylic acids is 1. The molecule has 1 N–H and O–H groups in total. The highest BCUT2D eigenvalue weighted by Crippen LogP contribution is 2.28. The Bertz CT molecular complexity index is 932. The van der Waals surface area contributed by atoms with Crippen LogP contribution in [-0.2, 0) is 21.2 Å². The molecule has 7 nitrogen and oxygen atoms in total. The second-order valence-corrected chi connectivity index (χ2v) is 8.76. The van der Waals surface area contributed by atoms with E-state index in [4.69, 9.17) is 9.47 Å². The summed E-state index contributed by atoms with van der Waals surface area (Å²) in [5, 5.41) is 2.88. The Morgan fingerprint density at radius 2 is 1.73 bits per heavy atom. The van der Waals surface area contributed by atoms with Gasteiger partial charge in [0.1, 0.15) is 6.04 Å². The van der Waals surface area contributed by atoms with Gasteiger partial charge in [-0.25, -0.2) is 8.42 Å². The van der Waals surface area contributed by atoms with Gasteiger partial charge in [-0.1, -0.05) is 31.2 Å². The number of nitrogens with one attached hydrogen (secondary N) is 1. The van der Waals surface area contributed by atoms with E-state index < -0.39 is 16.1 Å². The largest absolute Gasteiger partial charge is 0.493 e. The number of amides is 1. The van der Waals surface area contributed by atoms with E-state index >= 15 is 0 Å². The fourth-order valence-electron chi connectivity index (χ4n) is 3.29. The maximum absolute atomic E-state index is 12.8. The van der Waals surface area contributed by atoms with Crippen LogP contribution >= 0.6 is 0 Å². The van der Waals surface area contributed by atoms with Gasteiger partial charge < -0.3 is 14.8 Å². The zero-order chi connectivity index (χ0) is 22.1. The number of methoxy groups -OCH3 is 2. The van der Waals surface area contributed by atoms with E-state index in [0.29, 0.717) is 36.6 Å². The van der Waals surface area contributed by atoms with Crippen molar-refractivity contribution < 1.29 is 22.7 Å². The molecule has 0 aliphatic heterocycles. The third kappa shape index (κ3) is 6.13. The van der Waals surface area contributed by atoms with Gasteiger partial charge in [0.15, 0.2) is 11.5 Å². The van der Waals surface area contributed by atoms with Crippen LogP contribution in [0.15, 0.2) is 48.5 Å². The lowest BCUT2D eigenvalue weighted by Crippen LogP contribution is -2.49. The molecular formula is C22H30N2O5S. The van der Waals surface area contributed by atoms with Gasteiger partial charge in [-0.3, -0.25) is 9.10 Å². The maximum Gasteiger partial charge on any atom is 0.243 e. The highest BCUT2D eigenvalue weighted by molar-refractivity contribution is 7.92. The Hall–Kier alpha value is -2.74. The summed E-state index contributed by atoms with van der Waals surface area (Å²) in [4.78, 5) is 12.8. The van der Waals surface area contributed by atoms with Crippen LogP contribution in [0.5, 0.6) is 11.5 Å². The Balaban J connectivity index is 2.00. The molecule has 2 rings (SSSR count). The minimum Gasteiger partial charge on any atom is -0.493 e. The summed E-state index contributed by atoms with van der Waals surface area (Å²) in [7, 11) is -0.435. The van der Waals surface area contributed by atoms with E-state index in [1.54, 1.807) is 51.5 Å². The highest BCUT2D eigenvalue weighted by Gasteiger charge is 2.31. The summed E-state index contributed by atoms with van der Waals surface area (Å²) >= 11 is 0. The molecule has 0 saturated heterocycles. The molecule has 30 heavy (non-hydrogen) atoms. The first-order chi connectivity index (χ1) is 14.3. The Kier molecular flexibility index (Phi) is 8.53. The van der Waals surface area contributed by atoms with Crippen LogP contribution in [0.3, 0.4) is 0 Å². The van der Waals surface area contributed by atoms with Crippen LogP contribution in [0, 0.1) is 0 Å². The van der Waals surface area contributed by atoms with Crippen LogP contribution in [-0.4, -0.2) is 47.4 Å². The molecule has 0 heterocycles. The van der Waals surface area contributed by atoms with Gasteiger partial charge >= 0.3 is 0 Å². The number of rotatable bonds is 11. The second-order valence-electron chi connectivity index (χ2n) is 6.90. The molecule has 0 aliphatic rings. The van der Waals surface area contributed by atoms with Crippen molar-refractivity contribution in [1.82, 2.24) is 5.32 Å². The van der Waals surface area contributed by atoms with E-state index in [1.165, 1.54) is 4.31 Å². The zero-order valence-electron chi connectivity index (χ0n) is 17.9. The topological polar surface area (TPSA) is 84.9 Å². The molecule has 0 radical (unpaired) electrons. The summed E-state index contributed by atoms with van der Waals surface area (Å²) in [6, 6.07) is 13.6. The van der Waals surface area contributed by atoms with Crippen molar-refractivity contribution in [1.29, 1.82) is 0 Å². The Morgan fingerprint density at radius 3 is 2.30 bits per heavy atom. The van der Waals surface area contributed by atoms with Gasteiger partial charge in [-0.05, 0) is 49.1 Å². The van der Waals surface area contributed by atoms with Crippen LogP contribution < -0.4 is 19.1 Å². The first-order valence-corrected chi connectivity index (χ1v) is 11.7. The van der Waals surface area contributed by atoms with E-state index in [2.05, 4.69) is 5.32 Å². The van der Waals surface area contributed by atoms with E-state index in [-0.39, 0.29) is 5.91 Å². The number of carbonyl (C=O) groups is 1. The molecular weight excluding hydrogens is 404 g/mol. The maximum atomic E-state index is 12.8. The minimum absolute atomic E-state index is 0.306. The van der Waals surface area contributed by atoms with Gasteiger partial charge in [0, 0.05) is 6.54 Å². The highest BCUT2D eigenvalue weighted by atomic mass is 32.2. The fourth-order valence-corrected chi connectivity index (χ4v) is 4.50. The number of aryl methyl sites for hydroxylation is 1. The lowest BCUT2D eigenvalue weighted by molar-refractivity contribution is -0.122. The van der Waals surface area contributed by atoms with Crippen molar-refractivity contribution in [3.8, 4) is 11.5 Å². The van der Waals surface area contributed by atoms with E-state index in [1.807, 2.05) is 18.2 Å². The molecule has 1 amide bonds. The van der Waals surface area contributed by atoms with Crippen molar-refractivity contribution in [2.75, 3.05) is 31.3 Å². The van der Waals surface area contributed by atoms with Crippen LogP contribution in [0.25, 0.3) is 0 Å². The zero-order valence-corrected chi connectivity index (χ0v) is 18.7. The smallest absolute Gasteiger partial charge is 0.243 e. The molecule has 2 aromatic rings. The molecule has 164 valence electrons. The number of benzene rings is 2. The van der Waals surface area contributed by atoms with Crippen LogP contribution in [0.1, 0.15) is 25.3 Å².